The third-order valence-corrected chi connectivity index (χ3v) is 2.47. The Labute approximate surface area is 108 Å². The van der Waals surface area contributed by atoms with E-state index < -0.39 is 12.0 Å². The van der Waals surface area contributed by atoms with E-state index in [0.29, 0.717) is 0 Å². The molecule has 2 N–H and O–H groups in total. The van der Waals surface area contributed by atoms with Crippen LogP contribution in [0.3, 0.4) is 0 Å². The van der Waals surface area contributed by atoms with Gasteiger partial charge in [-0.15, -0.1) is 0 Å². The molecular weight excluding hydrogens is 250 g/mol. The Hall–Kier alpha value is -2.77. The molecule has 1 amide bonds. The third-order valence-electron chi connectivity index (χ3n) is 2.47. The summed E-state index contributed by atoms with van der Waals surface area (Å²) in [6.45, 7) is 1.64. The van der Waals surface area contributed by atoms with Gasteiger partial charge in [-0.1, -0.05) is 0 Å². The number of carboxylic acid groups (broad SMARTS) is 1. The number of carboxylic acids is 1. The molecule has 2 heterocycles. The van der Waals surface area contributed by atoms with E-state index in [1.54, 1.807) is 6.92 Å². The third kappa shape index (κ3) is 2.92. The van der Waals surface area contributed by atoms with Gasteiger partial charge in [-0.25, -0.2) is 19.4 Å². The van der Waals surface area contributed by atoms with Crippen LogP contribution in [0.1, 0.15) is 23.3 Å². The van der Waals surface area contributed by atoms with Crippen LogP contribution in [0.2, 0.25) is 0 Å². The van der Waals surface area contributed by atoms with Gasteiger partial charge in [-0.3, -0.25) is 4.79 Å². The number of amides is 1. The summed E-state index contributed by atoms with van der Waals surface area (Å²) in [6.07, 6.45) is 4.07. The predicted octanol–water partition coefficient (Wildman–Crippen LogP) is 0.571. The predicted molar refractivity (Wildman–Crippen MR) is 64.6 cm³/mol. The fourth-order valence-electron chi connectivity index (χ4n) is 1.40. The molecule has 2 aromatic rings. The molecule has 0 radical (unpaired) electrons. The fourth-order valence-corrected chi connectivity index (χ4v) is 1.40. The van der Waals surface area contributed by atoms with Crippen LogP contribution in [0.4, 0.5) is 5.82 Å². The first kappa shape index (κ1) is 12.7. The van der Waals surface area contributed by atoms with Crippen LogP contribution in [0.5, 0.6) is 0 Å². The van der Waals surface area contributed by atoms with Gasteiger partial charge in [0.15, 0.2) is 0 Å². The highest BCUT2D eigenvalue weighted by Crippen LogP contribution is 2.10. The number of anilines is 1. The number of aromatic carboxylic acids is 1. The van der Waals surface area contributed by atoms with Crippen LogP contribution in [-0.4, -0.2) is 36.7 Å². The summed E-state index contributed by atoms with van der Waals surface area (Å²) in [5.74, 6) is -1.26. The van der Waals surface area contributed by atoms with Crippen LogP contribution in [-0.2, 0) is 4.79 Å². The van der Waals surface area contributed by atoms with Crippen molar-refractivity contribution in [1.29, 1.82) is 0 Å². The molecule has 0 fully saturated rings. The van der Waals surface area contributed by atoms with Gasteiger partial charge in [-0.05, 0) is 19.1 Å². The van der Waals surface area contributed by atoms with Gasteiger partial charge < -0.3 is 10.4 Å². The molecule has 2 aromatic heterocycles. The molecule has 0 saturated carbocycles. The van der Waals surface area contributed by atoms with E-state index in [1.807, 2.05) is 0 Å². The van der Waals surface area contributed by atoms with E-state index in [0.717, 1.165) is 0 Å². The molecule has 1 atom stereocenters. The molecule has 0 saturated heterocycles. The molecule has 98 valence electrons. The molecule has 2 rings (SSSR count). The summed E-state index contributed by atoms with van der Waals surface area (Å²) in [5.41, 5.74) is 0.0544. The molecule has 0 aliphatic carbocycles. The molecule has 0 aromatic carbocycles. The topological polar surface area (TPSA) is 110 Å². The normalized spacial score (nSPS) is 11.8. The highest BCUT2D eigenvalue weighted by Gasteiger charge is 2.16. The molecule has 8 nitrogen and oxygen atoms in total. The summed E-state index contributed by atoms with van der Waals surface area (Å²) < 4.78 is 1.39. The maximum Gasteiger partial charge on any atom is 0.335 e. The Morgan fingerprint density at radius 1 is 1.47 bits per heavy atom. The molecule has 19 heavy (non-hydrogen) atoms. The largest absolute Gasteiger partial charge is 0.478 e. The van der Waals surface area contributed by atoms with E-state index in [4.69, 9.17) is 5.11 Å². The molecule has 0 spiro atoms. The van der Waals surface area contributed by atoms with Gasteiger partial charge in [0, 0.05) is 6.20 Å². The van der Waals surface area contributed by atoms with E-state index in [1.165, 1.54) is 35.7 Å². The van der Waals surface area contributed by atoms with Crippen molar-refractivity contribution in [2.45, 2.75) is 13.0 Å². The van der Waals surface area contributed by atoms with E-state index in [2.05, 4.69) is 20.4 Å². The van der Waals surface area contributed by atoms with Crippen molar-refractivity contribution >= 4 is 17.7 Å². The zero-order valence-corrected chi connectivity index (χ0v) is 10.0. The monoisotopic (exact) mass is 261 g/mol. The average molecular weight is 261 g/mol. The second-order valence-electron chi connectivity index (χ2n) is 3.78. The fraction of sp³-hybridized carbons (Fsp3) is 0.182. The smallest absolute Gasteiger partial charge is 0.335 e. The first-order valence-electron chi connectivity index (χ1n) is 5.42. The van der Waals surface area contributed by atoms with Crippen LogP contribution in [0, 0.1) is 0 Å². The number of rotatable bonds is 4. The Balaban J connectivity index is 2.11. The van der Waals surface area contributed by atoms with Crippen LogP contribution in [0.15, 0.2) is 31.0 Å². The first-order chi connectivity index (χ1) is 9.08. The molecule has 0 aliphatic heterocycles. The Morgan fingerprint density at radius 3 is 2.89 bits per heavy atom. The number of aromatic nitrogens is 4. The summed E-state index contributed by atoms with van der Waals surface area (Å²) in [7, 11) is 0. The quantitative estimate of drug-likeness (QED) is 0.832. The Kier molecular flexibility index (Phi) is 3.51. The van der Waals surface area contributed by atoms with E-state index in [-0.39, 0.29) is 17.3 Å². The number of hydrogen-bond donors (Lipinski definition) is 2. The van der Waals surface area contributed by atoms with Crippen molar-refractivity contribution in [3.05, 3.63) is 36.5 Å². The van der Waals surface area contributed by atoms with Gasteiger partial charge in [0.1, 0.15) is 24.5 Å². The van der Waals surface area contributed by atoms with E-state index in [9.17, 15) is 9.59 Å². The van der Waals surface area contributed by atoms with Gasteiger partial charge in [0.2, 0.25) is 5.91 Å². The van der Waals surface area contributed by atoms with E-state index >= 15 is 0 Å². The zero-order valence-electron chi connectivity index (χ0n) is 10.0. The second kappa shape index (κ2) is 5.25. The minimum atomic E-state index is -1.08. The standard InChI is InChI=1S/C11H11N5O3/c1-7(16-6-12-5-14-16)10(17)15-9-4-8(11(18)19)2-3-13-9/h2-7H,1H3,(H,18,19)(H,13,15,17). The highest BCUT2D eigenvalue weighted by atomic mass is 16.4. The maximum absolute atomic E-state index is 11.9. The van der Waals surface area contributed by atoms with Crippen molar-refractivity contribution in [2.75, 3.05) is 5.32 Å². The number of pyridine rings is 1. The highest BCUT2D eigenvalue weighted by molar-refractivity contribution is 5.94. The number of hydrogen-bond acceptors (Lipinski definition) is 5. The SMILES string of the molecule is CC(C(=O)Nc1cc(C(=O)O)ccn1)n1cncn1. The van der Waals surface area contributed by atoms with Gasteiger partial charge >= 0.3 is 5.97 Å². The zero-order chi connectivity index (χ0) is 13.8. The van der Waals surface area contributed by atoms with Crippen molar-refractivity contribution in [1.82, 2.24) is 19.7 Å². The molecule has 8 heteroatoms. The van der Waals surface area contributed by atoms with Crippen molar-refractivity contribution in [3.63, 3.8) is 0 Å². The van der Waals surface area contributed by atoms with Crippen molar-refractivity contribution in [3.8, 4) is 0 Å². The number of nitrogens with one attached hydrogen (secondary N) is 1. The summed E-state index contributed by atoms with van der Waals surface area (Å²) in [4.78, 5) is 30.3. The van der Waals surface area contributed by atoms with Crippen LogP contribution in [0.25, 0.3) is 0 Å². The molecule has 0 bridgehead atoms. The minimum Gasteiger partial charge on any atom is -0.478 e. The first-order valence-corrected chi connectivity index (χ1v) is 5.42. The van der Waals surface area contributed by atoms with Crippen LogP contribution < -0.4 is 5.32 Å². The van der Waals surface area contributed by atoms with Gasteiger partial charge in [0.25, 0.3) is 0 Å². The van der Waals surface area contributed by atoms with Gasteiger partial charge in [0.05, 0.1) is 5.56 Å². The summed E-state index contributed by atoms with van der Waals surface area (Å²) in [6, 6.07) is 2.06. The summed E-state index contributed by atoms with van der Waals surface area (Å²) >= 11 is 0. The summed E-state index contributed by atoms with van der Waals surface area (Å²) in [5, 5.41) is 15.2. The Bertz CT molecular complexity index is 596. The molecular formula is C11H11N5O3. The number of carbonyl (C=O) groups excluding carboxylic acids is 1. The average Bonchev–Trinajstić information content (AvgIpc) is 2.92. The van der Waals surface area contributed by atoms with Crippen LogP contribution >= 0.6 is 0 Å². The lowest BCUT2D eigenvalue weighted by molar-refractivity contribution is -0.119. The molecule has 0 aliphatic rings. The lowest BCUT2D eigenvalue weighted by Gasteiger charge is -2.11. The Morgan fingerprint density at radius 2 is 2.26 bits per heavy atom. The van der Waals surface area contributed by atoms with Crippen molar-refractivity contribution in [2.24, 2.45) is 0 Å². The lowest BCUT2D eigenvalue weighted by Crippen LogP contribution is -2.24. The number of nitrogens with zero attached hydrogens (tertiary/aromatic N) is 4. The van der Waals surface area contributed by atoms with Crippen molar-refractivity contribution < 1.29 is 14.7 Å². The molecule has 1 unspecified atom stereocenters. The minimum absolute atomic E-state index is 0.0544. The maximum atomic E-state index is 11.9. The van der Waals surface area contributed by atoms with Gasteiger partial charge in [-0.2, -0.15) is 5.10 Å². The second-order valence-corrected chi connectivity index (χ2v) is 3.78. The lowest BCUT2D eigenvalue weighted by atomic mass is 10.2. The number of carbonyl (C=O) groups is 2.